The summed E-state index contributed by atoms with van der Waals surface area (Å²) < 4.78 is 16.9. The second-order valence-corrected chi connectivity index (χ2v) is 23.4. The topological polar surface area (TPSA) is 78.9 Å². The summed E-state index contributed by atoms with van der Waals surface area (Å²) in [7, 11) is 0. The van der Waals surface area contributed by atoms with Gasteiger partial charge in [0.25, 0.3) is 0 Å². The van der Waals surface area contributed by atoms with Gasteiger partial charge in [0.15, 0.2) is 6.10 Å². The average molecular weight is 1080 g/mol. The highest BCUT2D eigenvalue weighted by Crippen LogP contribution is 2.18. The van der Waals surface area contributed by atoms with Gasteiger partial charge in [-0.1, -0.05) is 320 Å². The maximum absolute atomic E-state index is 12.9. The zero-order valence-electron chi connectivity index (χ0n) is 52.0. The Hall–Kier alpha value is -2.37. The summed E-state index contributed by atoms with van der Waals surface area (Å²) >= 11 is 0. The predicted molar refractivity (Wildman–Crippen MR) is 335 cm³/mol. The highest BCUT2D eigenvalue weighted by atomic mass is 16.6. The summed E-state index contributed by atoms with van der Waals surface area (Å²) in [5.74, 6) is -0.852. The van der Waals surface area contributed by atoms with Crippen molar-refractivity contribution in [3.05, 3.63) is 36.5 Å². The lowest BCUT2D eigenvalue weighted by Crippen LogP contribution is -2.30. The van der Waals surface area contributed by atoms with E-state index in [1.165, 1.54) is 270 Å². The quantitative estimate of drug-likeness (QED) is 0.0261. The molecule has 0 aliphatic carbocycles. The maximum atomic E-state index is 12.9. The number of esters is 3. The van der Waals surface area contributed by atoms with Crippen LogP contribution in [0.25, 0.3) is 0 Å². The molecule has 0 aromatic heterocycles. The van der Waals surface area contributed by atoms with Crippen molar-refractivity contribution >= 4 is 17.9 Å². The van der Waals surface area contributed by atoms with Crippen molar-refractivity contribution in [3.63, 3.8) is 0 Å². The third kappa shape index (κ3) is 64.3. The molecular weight excluding hydrogens is 949 g/mol. The minimum absolute atomic E-state index is 0.0695. The first kappa shape index (κ1) is 74.6. The van der Waals surface area contributed by atoms with Gasteiger partial charge in [-0.25, -0.2) is 0 Å². The largest absolute Gasteiger partial charge is 0.462 e. The van der Waals surface area contributed by atoms with E-state index >= 15 is 0 Å². The molecule has 0 spiro atoms. The Balaban J connectivity index is 4.12. The third-order valence-corrected chi connectivity index (χ3v) is 15.6. The van der Waals surface area contributed by atoms with E-state index in [-0.39, 0.29) is 31.1 Å². The Morgan fingerprint density at radius 3 is 0.727 bits per heavy atom. The first-order valence-corrected chi connectivity index (χ1v) is 34.5. The molecule has 0 bridgehead atoms. The summed E-state index contributed by atoms with van der Waals surface area (Å²) in [6, 6.07) is 0. The van der Waals surface area contributed by atoms with E-state index in [1.54, 1.807) is 0 Å². The number of allylic oxidation sites excluding steroid dienone is 6. The van der Waals surface area contributed by atoms with E-state index in [0.29, 0.717) is 19.3 Å². The van der Waals surface area contributed by atoms with E-state index in [2.05, 4.69) is 57.2 Å². The Bertz CT molecular complexity index is 1290. The number of hydrogen-bond donors (Lipinski definition) is 0. The zero-order chi connectivity index (χ0) is 55.7. The van der Waals surface area contributed by atoms with Crippen LogP contribution in [0.2, 0.25) is 0 Å². The summed E-state index contributed by atoms with van der Waals surface area (Å²) in [5, 5.41) is 0. The molecule has 1 atom stereocenters. The number of unbranched alkanes of at least 4 members (excludes halogenated alkanes) is 47. The Morgan fingerprint density at radius 2 is 0.468 bits per heavy atom. The van der Waals surface area contributed by atoms with Gasteiger partial charge in [-0.2, -0.15) is 0 Å². The minimum Gasteiger partial charge on any atom is -0.462 e. The van der Waals surface area contributed by atoms with Crippen LogP contribution >= 0.6 is 0 Å². The molecule has 0 aliphatic heterocycles. The van der Waals surface area contributed by atoms with Crippen LogP contribution in [0.1, 0.15) is 380 Å². The van der Waals surface area contributed by atoms with Crippen molar-refractivity contribution in [2.24, 2.45) is 0 Å². The molecule has 0 aliphatic rings. The summed E-state index contributed by atoms with van der Waals surface area (Å²) in [5.41, 5.74) is 0. The first-order valence-electron chi connectivity index (χ1n) is 34.5. The lowest BCUT2D eigenvalue weighted by molar-refractivity contribution is -0.167. The molecular formula is C71H132O6. The van der Waals surface area contributed by atoms with Gasteiger partial charge in [0.05, 0.1) is 0 Å². The second-order valence-electron chi connectivity index (χ2n) is 23.4. The van der Waals surface area contributed by atoms with E-state index in [9.17, 15) is 14.4 Å². The first-order chi connectivity index (χ1) is 38.0. The van der Waals surface area contributed by atoms with Crippen LogP contribution in [-0.4, -0.2) is 37.2 Å². The second kappa shape index (κ2) is 66.1. The molecule has 452 valence electrons. The Kier molecular flexibility index (Phi) is 64.1. The molecule has 77 heavy (non-hydrogen) atoms. The summed E-state index contributed by atoms with van der Waals surface area (Å²) in [6.07, 6.45) is 81.8. The molecule has 6 nitrogen and oxygen atoms in total. The van der Waals surface area contributed by atoms with Crippen molar-refractivity contribution in [1.29, 1.82) is 0 Å². The smallest absolute Gasteiger partial charge is 0.306 e. The van der Waals surface area contributed by atoms with E-state index in [1.807, 2.05) is 0 Å². The SMILES string of the molecule is CCCCCCC/C=C\C/C=C\CCCCCCCCCCCCCCCCCCCCCC(=O)OCC(COC(=O)CCCCCCCCCCCCCCCC)OC(=O)CCCCCCC/C=C\CCCCCCC. The van der Waals surface area contributed by atoms with Crippen LogP contribution in [0, 0.1) is 0 Å². The lowest BCUT2D eigenvalue weighted by Gasteiger charge is -2.18. The standard InChI is InChI=1S/C71H132O6/c1-4-7-10-13-16-19-22-25-28-29-30-31-32-33-34-35-36-37-38-39-40-41-42-43-44-47-49-52-55-58-61-64-70(73)76-67-68(77-71(74)65-62-59-56-53-50-46-27-24-21-18-15-12-9-6-3)66-75-69(72)63-60-57-54-51-48-45-26-23-20-17-14-11-8-5-2/h22,24-25,27,29-30,68H,4-21,23,26,28,31-67H2,1-3H3/b25-22-,27-24-,30-29-. The fourth-order valence-electron chi connectivity index (χ4n) is 10.4. The minimum atomic E-state index is -0.772. The number of ether oxygens (including phenoxy) is 3. The van der Waals surface area contributed by atoms with Crippen molar-refractivity contribution in [1.82, 2.24) is 0 Å². The van der Waals surface area contributed by atoms with Crippen LogP contribution in [0.5, 0.6) is 0 Å². The third-order valence-electron chi connectivity index (χ3n) is 15.6. The Morgan fingerprint density at radius 1 is 0.260 bits per heavy atom. The van der Waals surface area contributed by atoms with Crippen LogP contribution < -0.4 is 0 Å². The van der Waals surface area contributed by atoms with E-state index < -0.39 is 6.10 Å². The molecule has 6 heteroatoms. The maximum Gasteiger partial charge on any atom is 0.306 e. The number of rotatable bonds is 64. The fourth-order valence-corrected chi connectivity index (χ4v) is 10.4. The van der Waals surface area contributed by atoms with Crippen molar-refractivity contribution in [3.8, 4) is 0 Å². The molecule has 0 radical (unpaired) electrons. The summed E-state index contributed by atoms with van der Waals surface area (Å²) in [6.45, 7) is 6.68. The molecule has 0 fully saturated rings. The molecule has 0 aromatic carbocycles. The number of carbonyl (C=O) groups excluding carboxylic acids is 3. The fraction of sp³-hybridized carbons (Fsp3) is 0.873. The molecule has 1 unspecified atom stereocenters. The van der Waals surface area contributed by atoms with Gasteiger partial charge in [-0.3, -0.25) is 14.4 Å². The van der Waals surface area contributed by atoms with Crippen LogP contribution in [0.4, 0.5) is 0 Å². The van der Waals surface area contributed by atoms with Gasteiger partial charge < -0.3 is 14.2 Å². The molecule has 0 aromatic rings. The lowest BCUT2D eigenvalue weighted by atomic mass is 10.0. The normalized spacial score (nSPS) is 12.2. The van der Waals surface area contributed by atoms with E-state index in [0.717, 1.165) is 70.6 Å². The van der Waals surface area contributed by atoms with Crippen molar-refractivity contribution in [2.75, 3.05) is 13.2 Å². The van der Waals surface area contributed by atoms with Gasteiger partial charge in [0.1, 0.15) is 13.2 Å². The van der Waals surface area contributed by atoms with Crippen LogP contribution in [0.3, 0.4) is 0 Å². The van der Waals surface area contributed by atoms with Crippen LogP contribution in [-0.2, 0) is 28.6 Å². The van der Waals surface area contributed by atoms with Gasteiger partial charge in [-0.05, 0) is 77.0 Å². The van der Waals surface area contributed by atoms with Gasteiger partial charge in [0, 0.05) is 19.3 Å². The zero-order valence-corrected chi connectivity index (χ0v) is 52.0. The molecule has 0 heterocycles. The Labute approximate surface area is 480 Å². The average Bonchev–Trinajstić information content (AvgIpc) is 3.43. The number of hydrogen-bond acceptors (Lipinski definition) is 6. The van der Waals surface area contributed by atoms with Crippen molar-refractivity contribution in [2.45, 2.75) is 386 Å². The number of carbonyl (C=O) groups is 3. The highest BCUT2D eigenvalue weighted by Gasteiger charge is 2.19. The summed E-state index contributed by atoms with van der Waals surface area (Å²) in [4.78, 5) is 38.3. The van der Waals surface area contributed by atoms with Gasteiger partial charge in [0.2, 0.25) is 0 Å². The van der Waals surface area contributed by atoms with E-state index in [4.69, 9.17) is 14.2 Å². The van der Waals surface area contributed by atoms with Crippen LogP contribution in [0.15, 0.2) is 36.5 Å². The molecule has 0 N–H and O–H groups in total. The molecule has 0 saturated carbocycles. The van der Waals surface area contributed by atoms with Crippen molar-refractivity contribution < 1.29 is 28.6 Å². The monoisotopic (exact) mass is 1080 g/mol. The molecule has 0 amide bonds. The van der Waals surface area contributed by atoms with Gasteiger partial charge >= 0.3 is 17.9 Å². The van der Waals surface area contributed by atoms with Gasteiger partial charge in [-0.15, -0.1) is 0 Å². The predicted octanol–water partition coefficient (Wildman–Crippen LogP) is 23.6. The molecule has 0 rings (SSSR count). The molecule has 0 saturated heterocycles. The highest BCUT2D eigenvalue weighted by molar-refractivity contribution is 5.71.